The number of aliphatic hydroxyl groups excluding tert-OH is 1. The highest BCUT2D eigenvalue weighted by Gasteiger charge is 2.20. The Morgan fingerprint density at radius 3 is 2.30 bits per heavy atom. The fourth-order valence-electron chi connectivity index (χ4n) is 2.60. The van der Waals surface area contributed by atoms with Crippen LogP contribution in [-0.4, -0.2) is 5.11 Å². The SMILES string of the molecule is OC(c1ccc(C2CCC2)cc1)c1cc(F)ccc1F. The molecule has 3 heteroatoms. The molecule has 0 radical (unpaired) electrons. The number of rotatable bonds is 3. The Kier molecular flexibility index (Phi) is 3.53. The van der Waals surface area contributed by atoms with Gasteiger partial charge in [-0.25, -0.2) is 8.78 Å². The van der Waals surface area contributed by atoms with Crippen LogP contribution in [0.3, 0.4) is 0 Å². The molecule has 104 valence electrons. The molecule has 0 bridgehead atoms. The third-order valence-corrected chi connectivity index (χ3v) is 4.08. The van der Waals surface area contributed by atoms with Crippen LogP contribution in [0.25, 0.3) is 0 Å². The van der Waals surface area contributed by atoms with E-state index in [0.717, 1.165) is 18.2 Å². The molecule has 1 unspecified atom stereocenters. The highest BCUT2D eigenvalue weighted by molar-refractivity contribution is 5.34. The molecule has 1 aliphatic carbocycles. The summed E-state index contributed by atoms with van der Waals surface area (Å²) in [6.45, 7) is 0. The van der Waals surface area contributed by atoms with Crippen molar-refractivity contribution in [1.82, 2.24) is 0 Å². The van der Waals surface area contributed by atoms with Crippen LogP contribution in [0.1, 0.15) is 48.0 Å². The van der Waals surface area contributed by atoms with Crippen LogP contribution in [-0.2, 0) is 0 Å². The van der Waals surface area contributed by atoms with Crippen molar-refractivity contribution in [3.8, 4) is 0 Å². The Hall–Kier alpha value is -1.74. The molecule has 0 heterocycles. The molecule has 2 aromatic rings. The maximum absolute atomic E-state index is 13.7. The van der Waals surface area contributed by atoms with E-state index < -0.39 is 17.7 Å². The zero-order valence-corrected chi connectivity index (χ0v) is 11.0. The monoisotopic (exact) mass is 274 g/mol. The van der Waals surface area contributed by atoms with Crippen molar-refractivity contribution in [3.05, 3.63) is 70.8 Å². The van der Waals surface area contributed by atoms with Gasteiger partial charge < -0.3 is 5.11 Å². The molecule has 1 N–H and O–H groups in total. The highest BCUT2D eigenvalue weighted by atomic mass is 19.1. The molecule has 0 aromatic heterocycles. The van der Waals surface area contributed by atoms with Crippen LogP contribution in [0.15, 0.2) is 42.5 Å². The number of aliphatic hydroxyl groups is 1. The Morgan fingerprint density at radius 2 is 1.70 bits per heavy atom. The summed E-state index contributed by atoms with van der Waals surface area (Å²) < 4.78 is 26.8. The lowest BCUT2D eigenvalue weighted by molar-refractivity contribution is 0.214. The zero-order valence-electron chi connectivity index (χ0n) is 11.0. The second-order valence-corrected chi connectivity index (χ2v) is 5.36. The van der Waals surface area contributed by atoms with Gasteiger partial charge in [-0.1, -0.05) is 30.7 Å². The maximum atomic E-state index is 13.7. The fraction of sp³-hybridized carbons (Fsp3) is 0.294. The molecule has 3 rings (SSSR count). The summed E-state index contributed by atoms with van der Waals surface area (Å²) >= 11 is 0. The molecule has 0 amide bonds. The first kappa shape index (κ1) is 13.3. The number of hydrogen-bond donors (Lipinski definition) is 1. The van der Waals surface area contributed by atoms with E-state index in [0.29, 0.717) is 11.5 Å². The maximum Gasteiger partial charge on any atom is 0.129 e. The smallest absolute Gasteiger partial charge is 0.129 e. The van der Waals surface area contributed by atoms with Gasteiger partial charge in [0.1, 0.15) is 17.7 Å². The topological polar surface area (TPSA) is 20.2 Å². The Balaban J connectivity index is 1.85. The van der Waals surface area contributed by atoms with E-state index >= 15 is 0 Å². The van der Waals surface area contributed by atoms with Gasteiger partial charge >= 0.3 is 0 Å². The molecule has 0 spiro atoms. The molecular formula is C17H16F2O. The van der Waals surface area contributed by atoms with Crippen molar-refractivity contribution in [2.24, 2.45) is 0 Å². The van der Waals surface area contributed by atoms with Gasteiger partial charge in [-0.05, 0) is 48.1 Å². The average molecular weight is 274 g/mol. The Morgan fingerprint density at radius 1 is 1.00 bits per heavy atom. The number of benzene rings is 2. The number of halogens is 2. The van der Waals surface area contributed by atoms with Crippen molar-refractivity contribution >= 4 is 0 Å². The summed E-state index contributed by atoms with van der Waals surface area (Å²) in [5, 5.41) is 10.2. The van der Waals surface area contributed by atoms with Crippen LogP contribution < -0.4 is 0 Å². The van der Waals surface area contributed by atoms with Crippen LogP contribution in [0.4, 0.5) is 8.78 Å². The van der Waals surface area contributed by atoms with Crippen molar-refractivity contribution in [3.63, 3.8) is 0 Å². The van der Waals surface area contributed by atoms with Gasteiger partial charge in [0, 0.05) is 5.56 Å². The van der Waals surface area contributed by atoms with Gasteiger partial charge in [0.25, 0.3) is 0 Å². The van der Waals surface area contributed by atoms with Crippen molar-refractivity contribution in [2.45, 2.75) is 31.3 Å². The van der Waals surface area contributed by atoms with E-state index in [-0.39, 0.29) is 5.56 Å². The van der Waals surface area contributed by atoms with Crippen LogP contribution >= 0.6 is 0 Å². The van der Waals surface area contributed by atoms with Gasteiger partial charge in [-0.3, -0.25) is 0 Å². The molecule has 20 heavy (non-hydrogen) atoms. The molecule has 1 saturated carbocycles. The summed E-state index contributed by atoms with van der Waals surface area (Å²) in [6, 6.07) is 10.7. The van der Waals surface area contributed by atoms with E-state index in [9.17, 15) is 13.9 Å². The summed E-state index contributed by atoms with van der Waals surface area (Å²) in [4.78, 5) is 0. The second-order valence-electron chi connectivity index (χ2n) is 5.36. The highest BCUT2D eigenvalue weighted by Crippen LogP contribution is 2.37. The van der Waals surface area contributed by atoms with E-state index in [2.05, 4.69) is 0 Å². The standard InChI is InChI=1S/C17H16F2O/c18-14-8-9-16(19)15(10-14)17(20)13-6-4-12(5-7-13)11-2-1-3-11/h4-11,17,20H,1-3H2. The van der Waals surface area contributed by atoms with E-state index in [1.807, 2.05) is 12.1 Å². The fourth-order valence-corrected chi connectivity index (χ4v) is 2.60. The van der Waals surface area contributed by atoms with Gasteiger partial charge in [-0.15, -0.1) is 0 Å². The van der Waals surface area contributed by atoms with Gasteiger partial charge in [0.2, 0.25) is 0 Å². The second kappa shape index (κ2) is 5.33. The largest absolute Gasteiger partial charge is 0.384 e. The summed E-state index contributed by atoms with van der Waals surface area (Å²) in [5.41, 5.74) is 1.81. The van der Waals surface area contributed by atoms with Gasteiger partial charge in [-0.2, -0.15) is 0 Å². The van der Waals surface area contributed by atoms with E-state index in [1.165, 1.54) is 24.8 Å². The normalized spacial score (nSPS) is 16.8. The minimum atomic E-state index is -1.14. The lowest BCUT2D eigenvalue weighted by Gasteiger charge is -2.26. The molecule has 1 atom stereocenters. The van der Waals surface area contributed by atoms with Crippen LogP contribution in [0.5, 0.6) is 0 Å². The van der Waals surface area contributed by atoms with E-state index in [4.69, 9.17) is 0 Å². The molecular weight excluding hydrogens is 258 g/mol. The first-order valence-corrected chi connectivity index (χ1v) is 6.88. The predicted octanol–water partition coefficient (Wildman–Crippen LogP) is 4.31. The third kappa shape index (κ3) is 2.46. The van der Waals surface area contributed by atoms with Crippen molar-refractivity contribution in [2.75, 3.05) is 0 Å². The molecule has 2 aromatic carbocycles. The summed E-state index contributed by atoms with van der Waals surface area (Å²) in [6.07, 6.45) is 2.55. The molecule has 1 fully saturated rings. The van der Waals surface area contributed by atoms with Crippen LogP contribution in [0.2, 0.25) is 0 Å². The lowest BCUT2D eigenvalue weighted by atomic mass is 9.80. The summed E-state index contributed by atoms with van der Waals surface area (Å²) in [7, 11) is 0. The molecule has 0 aliphatic heterocycles. The zero-order chi connectivity index (χ0) is 14.1. The minimum absolute atomic E-state index is 0.0265. The van der Waals surface area contributed by atoms with Gasteiger partial charge in [0.05, 0.1) is 0 Å². The first-order valence-electron chi connectivity index (χ1n) is 6.88. The minimum Gasteiger partial charge on any atom is -0.384 e. The van der Waals surface area contributed by atoms with E-state index in [1.54, 1.807) is 12.1 Å². The predicted molar refractivity (Wildman–Crippen MR) is 73.5 cm³/mol. The average Bonchev–Trinajstić information content (AvgIpc) is 2.40. The third-order valence-electron chi connectivity index (χ3n) is 4.08. The Bertz CT molecular complexity index is 603. The molecule has 0 saturated heterocycles. The van der Waals surface area contributed by atoms with Gasteiger partial charge in [0.15, 0.2) is 0 Å². The lowest BCUT2D eigenvalue weighted by Crippen LogP contribution is -2.09. The molecule has 1 aliphatic rings. The first-order chi connectivity index (χ1) is 9.65. The van der Waals surface area contributed by atoms with Crippen molar-refractivity contribution in [1.29, 1.82) is 0 Å². The Labute approximate surface area is 116 Å². The molecule has 1 nitrogen and oxygen atoms in total. The van der Waals surface area contributed by atoms with Crippen molar-refractivity contribution < 1.29 is 13.9 Å². The summed E-state index contributed by atoms with van der Waals surface area (Å²) in [5.74, 6) is -0.527. The van der Waals surface area contributed by atoms with Crippen LogP contribution in [0, 0.1) is 11.6 Å². The number of hydrogen-bond acceptors (Lipinski definition) is 1. The quantitative estimate of drug-likeness (QED) is 0.884.